The second kappa shape index (κ2) is 14.8. The van der Waals surface area contributed by atoms with Crippen molar-refractivity contribution in [2.75, 3.05) is 13.2 Å². The van der Waals surface area contributed by atoms with Gasteiger partial charge >= 0.3 is 5.97 Å². The van der Waals surface area contributed by atoms with Gasteiger partial charge in [-0.2, -0.15) is 0 Å². The lowest BCUT2D eigenvalue weighted by atomic mass is 9.93. The third-order valence-electron chi connectivity index (χ3n) is 6.56. The molecule has 1 saturated heterocycles. The molecule has 0 unspecified atom stereocenters. The Balaban J connectivity index is 3.08. The third-order valence-corrected chi connectivity index (χ3v) is 11.1. The minimum atomic E-state index is -1.95. The van der Waals surface area contributed by atoms with Crippen molar-refractivity contribution in [1.82, 2.24) is 0 Å². The van der Waals surface area contributed by atoms with Crippen LogP contribution in [-0.2, 0) is 28.2 Å². The SMILES string of the molecule is CCCC[Si](CCCC)(CCCC)OC[C@H]1O[C@H](OC(C)(C)C)C(=O)C[C@@H]1COC(=O)C(C)(C)C. The fraction of sp³-hybridized carbons (Fsp3) is 0.929. The van der Waals surface area contributed by atoms with Crippen LogP contribution in [0.25, 0.3) is 0 Å². The fourth-order valence-corrected chi connectivity index (χ4v) is 9.03. The molecule has 3 atom stereocenters. The minimum Gasteiger partial charge on any atom is -0.465 e. The maximum absolute atomic E-state index is 12.9. The zero-order valence-electron chi connectivity index (χ0n) is 24.2. The lowest BCUT2D eigenvalue weighted by Crippen LogP contribution is -2.51. The molecule has 0 aliphatic carbocycles. The number of ether oxygens (including phenoxy) is 3. The Bertz CT molecular complexity index is 615. The van der Waals surface area contributed by atoms with E-state index in [-0.39, 0.29) is 36.8 Å². The van der Waals surface area contributed by atoms with Gasteiger partial charge in [-0.1, -0.05) is 59.3 Å². The van der Waals surface area contributed by atoms with Gasteiger partial charge in [0.25, 0.3) is 0 Å². The summed E-state index contributed by atoms with van der Waals surface area (Å²) in [7, 11) is -1.95. The molecule has 0 N–H and O–H groups in total. The number of carbonyl (C=O) groups excluding carboxylic acids is 2. The van der Waals surface area contributed by atoms with Crippen LogP contribution >= 0.6 is 0 Å². The molecular weight excluding hydrogens is 460 g/mol. The molecule has 0 aromatic rings. The van der Waals surface area contributed by atoms with Crippen LogP contribution in [0.5, 0.6) is 0 Å². The molecule has 0 amide bonds. The standard InChI is InChI=1S/C28H54O6Si/c1-10-13-16-35(17-14-11-2,18-15-12-3)32-21-24-22(20-31-26(30)27(4,5)6)19-23(29)25(33-24)34-28(7,8)9/h22,24-25H,10-21H2,1-9H3/t22-,24-,25-/m1/s1. The lowest BCUT2D eigenvalue weighted by molar-refractivity contribution is -0.240. The van der Waals surface area contributed by atoms with Crippen molar-refractivity contribution in [3.63, 3.8) is 0 Å². The number of esters is 1. The highest BCUT2D eigenvalue weighted by atomic mass is 28.4. The molecule has 0 radical (unpaired) electrons. The van der Waals surface area contributed by atoms with E-state index in [4.69, 9.17) is 18.6 Å². The summed E-state index contributed by atoms with van der Waals surface area (Å²) < 4.78 is 24.7. The summed E-state index contributed by atoms with van der Waals surface area (Å²) in [5.74, 6) is -0.599. The van der Waals surface area contributed by atoms with Crippen LogP contribution in [-0.4, -0.2) is 51.3 Å². The van der Waals surface area contributed by atoms with E-state index in [1.165, 1.54) is 37.4 Å². The van der Waals surface area contributed by atoms with Crippen LogP contribution < -0.4 is 0 Å². The van der Waals surface area contributed by atoms with Gasteiger partial charge in [0.2, 0.25) is 6.29 Å². The normalized spacial score (nSPS) is 21.9. The molecule has 1 fully saturated rings. The Morgan fingerprint density at radius 2 is 1.43 bits per heavy atom. The molecule has 35 heavy (non-hydrogen) atoms. The molecule has 1 rings (SSSR count). The van der Waals surface area contributed by atoms with E-state index in [0.29, 0.717) is 6.61 Å². The number of rotatable bonds is 15. The molecule has 0 aromatic heterocycles. The Hall–Kier alpha value is -0.763. The summed E-state index contributed by atoms with van der Waals surface area (Å²) in [5, 5.41) is 0. The summed E-state index contributed by atoms with van der Waals surface area (Å²) >= 11 is 0. The molecule has 7 heteroatoms. The average molecular weight is 515 g/mol. The molecule has 0 bridgehead atoms. The van der Waals surface area contributed by atoms with Crippen molar-refractivity contribution < 1.29 is 28.2 Å². The molecule has 0 spiro atoms. The second-order valence-electron chi connectivity index (χ2n) is 12.3. The van der Waals surface area contributed by atoms with E-state index in [0.717, 1.165) is 19.3 Å². The van der Waals surface area contributed by atoms with Gasteiger partial charge in [0.05, 0.1) is 30.3 Å². The number of hydrogen-bond donors (Lipinski definition) is 0. The highest BCUT2D eigenvalue weighted by Gasteiger charge is 2.42. The van der Waals surface area contributed by atoms with Gasteiger partial charge in [-0.05, 0) is 59.7 Å². The van der Waals surface area contributed by atoms with Crippen molar-refractivity contribution in [3.8, 4) is 0 Å². The van der Waals surface area contributed by atoms with E-state index in [1.807, 2.05) is 41.5 Å². The summed E-state index contributed by atoms with van der Waals surface area (Å²) in [6, 6.07) is 3.50. The summed E-state index contributed by atoms with van der Waals surface area (Å²) in [5.41, 5.74) is -1.09. The van der Waals surface area contributed by atoms with Gasteiger partial charge in [-0.3, -0.25) is 9.59 Å². The summed E-state index contributed by atoms with van der Waals surface area (Å²) in [4.78, 5) is 25.3. The van der Waals surface area contributed by atoms with Crippen molar-refractivity contribution in [1.29, 1.82) is 0 Å². The number of Topliss-reactive ketones (excluding diaryl/α,β-unsaturated/α-hetero) is 1. The van der Waals surface area contributed by atoms with Crippen molar-refractivity contribution in [2.45, 2.75) is 143 Å². The van der Waals surface area contributed by atoms with Crippen molar-refractivity contribution in [3.05, 3.63) is 0 Å². The second-order valence-corrected chi connectivity index (χ2v) is 16.5. The monoisotopic (exact) mass is 514 g/mol. The lowest BCUT2D eigenvalue weighted by Gasteiger charge is -2.40. The van der Waals surface area contributed by atoms with E-state index < -0.39 is 25.6 Å². The fourth-order valence-electron chi connectivity index (χ4n) is 4.33. The predicted molar refractivity (Wildman–Crippen MR) is 144 cm³/mol. The van der Waals surface area contributed by atoms with Crippen LogP contribution in [0.3, 0.4) is 0 Å². The van der Waals surface area contributed by atoms with E-state index in [2.05, 4.69) is 20.8 Å². The maximum atomic E-state index is 12.9. The van der Waals surface area contributed by atoms with Gasteiger partial charge in [0.15, 0.2) is 14.1 Å². The van der Waals surface area contributed by atoms with Crippen molar-refractivity contribution in [2.24, 2.45) is 11.3 Å². The first-order chi connectivity index (χ1) is 16.3. The number of ketones is 1. The van der Waals surface area contributed by atoms with Crippen LogP contribution in [0.15, 0.2) is 0 Å². The highest BCUT2D eigenvalue weighted by molar-refractivity contribution is 6.73. The minimum absolute atomic E-state index is 0.0977. The van der Waals surface area contributed by atoms with Gasteiger partial charge in [-0.25, -0.2) is 0 Å². The molecule has 0 aromatic carbocycles. The highest BCUT2D eigenvalue weighted by Crippen LogP contribution is 2.33. The number of hydrogen-bond acceptors (Lipinski definition) is 6. The average Bonchev–Trinajstić information content (AvgIpc) is 2.76. The Morgan fingerprint density at radius 1 is 0.914 bits per heavy atom. The van der Waals surface area contributed by atoms with Gasteiger partial charge < -0.3 is 18.6 Å². The van der Waals surface area contributed by atoms with Gasteiger partial charge in [-0.15, -0.1) is 0 Å². The van der Waals surface area contributed by atoms with Crippen LogP contribution in [0.1, 0.15) is 107 Å². The third kappa shape index (κ3) is 11.9. The first-order valence-corrected chi connectivity index (χ1v) is 16.5. The largest absolute Gasteiger partial charge is 0.465 e. The van der Waals surface area contributed by atoms with E-state index in [9.17, 15) is 9.59 Å². The Labute approximate surface area is 216 Å². The molecule has 1 aliphatic rings. The van der Waals surface area contributed by atoms with Crippen LogP contribution in [0.4, 0.5) is 0 Å². The van der Waals surface area contributed by atoms with E-state index in [1.54, 1.807) is 0 Å². The maximum Gasteiger partial charge on any atom is 0.311 e. The van der Waals surface area contributed by atoms with Crippen LogP contribution in [0.2, 0.25) is 18.1 Å². The predicted octanol–water partition coefficient (Wildman–Crippen LogP) is 7.05. The zero-order chi connectivity index (χ0) is 26.7. The van der Waals surface area contributed by atoms with E-state index >= 15 is 0 Å². The Morgan fingerprint density at radius 3 is 1.86 bits per heavy atom. The van der Waals surface area contributed by atoms with Gasteiger partial charge in [0.1, 0.15) is 0 Å². The Kier molecular flexibility index (Phi) is 13.7. The molecular formula is C28H54O6Si. The number of unbranched alkanes of at least 4 members (excludes halogenated alkanes) is 3. The van der Waals surface area contributed by atoms with Crippen molar-refractivity contribution >= 4 is 20.1 Å². The molecule has 1 aliphatic heterocycles. The smallest absolute Gasteiger partial charge is 0.311 e. The topological polar surface area (TPSA) is 71.1 Å². The first-order valence-electron chi connectivity index (χ1n) is 13.9. The molecule has 6 nitrogen and oxygen atoms in total. The molecule has 206 valence electrons. The molecule has 0 saturated carbocycles. The quantitative estimate of drug-likeness (QED) is 0.172. The van der Waals surface area contributed by atoms with Gasteiger partial charge in [0, 0.05) is 12.3 Å². The summed E-state index contributed by atoms with van der Waals surface area (Å²) in [6.07, 6.45) is 6.07. The van der Waals surface area contributed by atoms with Crippen LogP contribution in [0, 0.1) is 11.3 Å². The summed E-state index contributed by atoms with van der Waals surface area (Å²) in [6.45, 7) is 18.6. The number of carbonyl (C=O) groups is 2. The molecule has 1 heterocycles. The zero-order valence-corrected chi connectivity index (χ0v) is 25.2. The first kappa shape index (κ1) is 32.3.